The molecule has 2 heterocycles. The predicted molar refractivity (Wildman–Crippen MR) is 54.3 cm³/mol. The molecule has 0 aliphatic carbocycles. The first-order valence-corrected chi connectivity index (χ1v) is 5.42. The second-order valence-corrected chi connectivity index (χ2v) is 3.86. The minimum Gasteiger partial charge on any atom is -0.368 e. The third-order valence-corrected chi connectivity index (χ3v) is 2.58. The van der Waals surface area contributed by atoms with Crippen LogP contribution in [-0.4, -0.2) is 39.2 Å². The number of aromatic nitrogens is 4. The zero-order valence-electron chi connectivity index (χ0n) is 9.14. The molecule has 0 aromatic carbocycles. The van der Waals surface area contributed by atoms with Gasteiger partial charge in [-0.2, -0.15) is 5.21 Å². The summed E-state index contributed by atoms with van der Waals surface area (Å²) in [6.45, 7) is 2.47. The molecule has 1 aliphatic rings. The third-order valence-electron chi connectivity index (χ3n) is 2.58. The average Bonchev–Trinajstić information content (AvgIpc) is 2.83. The van der Waals surface area contributed by atoms with Crippen molar-refractivity contribution in [2.24, 2.45) is 0 Å². The van der Waals surface area contributed by atoms with Crippen LogP contribution in [0.2, 0.25) is 0 Å². The first-order valence-electron chi connectivity index (χ1n) is 5.42. The summed E-state index contributed by atoms with van der Waals surface area (Å²) in [5.41, 5.74) is 0. The summed E-state index contributed by atoms with van der Waals surface area (Å²) in [5, 5.41) is 16.2. The molecule has 2 rings (SSSR count). The number of carbonyl (C=O) groups excluding carboxylic acids is 1. The maximum Gasteiger partial charge on any atom is 0.249 e. The van der Waals surface area contributed by atoms with Gasteiger partial charge in [0.2, 0.25) is 5.91 Å². The number of ether oxygens (including phenoxy) is 1. The number of hydrogen-bond donors (Lipinski definition) is 2. The SMILES string of the molecule is CC(NC(=O)C1CCCCO1)c1nn[nH]n1. The smallest absolute Gasteiger partial charge is 0.249 e. The largest absolute Gasteiger partial charge is 0.368 e. The van der Waals surface area contributed by atoms with Crippen molar-refractivity contribution in [2.75, 3.05) is 6.61 Å². The van der Waals surface area contributed by atoms with Crippen molar-refractivity contribution < 1.29 is 9.53 Å². The number of nitrogens with one attached hydrogen (secondary N) is 2. The van der Waals surface area contributed by atoms with Crippen LogP contribution in [0.4, 0.5) is 0 Å². The van der Waals surface area contributed by atoms with Crippen LogP contribution in [0.3, 0.4) is 0 Å². The molecule has 2 unspecified atom stereocenters. The van der Waals surface area contributed by atoms with Crippen LogP contribution in [0.25, 0.3) is 0 Å². The second kappa shape index (κ2) is 5.02. The quantitative estimate of drug-likeness (QED) is 0.752. The highest BCUT2D eigenvalue weighted by Gasteiger charge is 2.24. The molecule has 0 spiro atoms. The van der Waals surface area contributed by atoms with Gasteiger partial charge in [-0.15, -0.1) is 10.2 Å². The Morgan fingerprint density at radius 2 is 2.50 bits per heavy atom. The minimum absolute atomic E-state index is 0.1000. The van der Waals surface area contributed by atoms with Crippen molar-refractivity contribution in [3.05, 3.63) is 5.82 Å². The van der Waals surface area contributed by atoms with Gasteiger partial charge in [0.15, 0.2) is 5.82 Å². The standard InChI is InChI=1S/C9H15N5O2/c1-6(8-11-13-14-12-8)10-9(15)7-4-2-3-5-16-7/h6-7H,2-5H2,1H3,(H,10,15)(H,11,12,13,14). The molecular formula is C9H15N5O2. The van der Waals surface area contributed by atoms with Gasteiger partial charge in [-0.25, -0.2) is 0 Å². The number of carbonyl (C=O) groups is 1. The molecule has 0 bridgehead atoms. The Balaban J connectivity index is 1.86. The molecule has 0 saturated carbocycles. The molecule has 1 fully saturated rings. The topological polar surface area (TPSA) is 92.8 Å². The molecule has 1 aromatic heterocycles. The molecule has 2 N–H and O–H groups in total. The number of rotatable bonds is 3. The molecule has 16 heavy (non-hydrogen) atoms. The van der Waals surface area contributed by atoms with Crippen molar-refractivity contribution in [1.82, 2.24) is 25.9 Å². The van der Waals surface area contributed by atoms with Gasteiger partial charge >= 0.3 is 0 Å². The van der Waals surface area contributed by atoms with Gasteiger partial charge in [0.05, 0.1) is 6.04 Å². The van der Waals surface area contributed by atoms with Gasteiger partial charge in [-0.3, -0.25) is 4.79 Å². The lowest BCUT2D eigenvalue weighted by Crippen LogP contribution is -2.39. The Morgan fingerprint density at radius 3 is 3.12 bits per heavy atom. The van der Waals surface area contributed by atoms with E-state index in [-0.39, 0.29) is 18.1 Å². The van der Waals surface area contributed by atoms with Crippen LogP contribution in [0, 0.1) is 0 Å². The lowest BCUT2D eigenvalue weighted by Gasteiger charge is -2.22. The molecule has 88 valence electrons. The van der Waals surface area contributed by atoms with E-state index < -0.39 is 0 Å². The van der Waals surface area contributed by atoms with E-state index in [1.807, 2.05) is 6.92 Å². The van der Waals surface area contributed by atoms with Crippen molar-refractivity contribution >= 4 is 5.91 Å². The van der Waals surface area contributed by atoms with Crippen molar-refractivity contribution in [3.63, 3.8) is 0 Å². The number of amides is 1. The summed E-state index contributed by atoms with van der Waals surface area (Å²) >= 11 is 0. The zero-order chi connectivity index (χ0) is 11.4. The Morgan fingerprint density at radius 1 is 1.62 bits per heavy atom. The van der Waals surface area contributed by atoms with Gasteiger partial charge < -0.3 is 10.1 Å². The summed E-state index contributed by atoms with van der Waals surface area (Å²) in [6.07, 6.45) is 2.52. The summed E-state index contributed by atoms with van der Waals surface area (Å²) < 4.78 is 5.38. The van der Waals surface area contributed by atoms with Gasteiger partial charge in [0.1, 0.15) is 6.10 Å². The van der Waals surface area contributed by atoms with Crippen molar-refractivity contribution in [3.8, 4) is 0 Å². The Kier molecular flexibility index (Phi) is 3.45. The number of H-pyrrole nitrogens is 1. The molecular weight excluding hydrogens is 210 g/mol. The predicted octanol–water partition coefficient (Wildman–Crippen LogP) is -0.0540. The number of tetrazole rings is 1. The van der Waals surface area contributed by atoms with Gasteiger partial charge in [0.25, 0.3) is 0 Å². The summed E-state index contributed by atoms with van der Waals surface area (Å²) in [7, 11) is 0. The van der Waals surface area contributed by atoms with E-state index >= 15 is 0 Å². The normalized spacial score (nSPS) is 22.7. The van der Waals surface area contributed by atoms with E-state index in [9.17, 15) is 4.79 Å². The molecule has 1 saturated heterocycles. The highest BCUT2D eigenvalue weighted by Crippen LogP contribution is 2.14. The van der Waals surface area contributed by atoms with Gasteiger partial charge in [-0.1, -0.05) is 5.21 Å². The van der Waals surface area contributed by atoms with Crippen LogP contribution in [0.1, 0.15) is 38.1 Å². The molecule has 1 aromatic rings. The number of nitrogens with zero attached hydrogens (tertiary/aromatic N) is 3. The van der Waals surface area contributed by atoms with Crippen molar-refractivity contribution in [1.29, 1.82) is 0 Å². The van der Waals surface area contributed by atoms with E-state index in [4.69, 9.17) is 4.74 Å². The fourth-order valence-electron chi connectivity index (χ4n) is 1.67. The van der Waals surface area contributed by atoms with E-state index in [1.54, 1.807) is 0 Å². The summed E-state index contributed by atoms with van der Waals surface area (Å²) in [5.74, 6) is 0.376. The monoisotopic (exact) mass is 225 g/mol. The first kappa shape index (κ1) is 11.0. The van der Waals surface area contributed by atoms with Crippen LogP contribution in [0.5, 0.6) is 0 Å². The van der Waals surface area contributed by atoms with E-state index in [0.717, 1.165) is 19.3 Å². The lowest BCUT2D eigenvalue weighted by atomic mass is 10.1. The Bertz CT molecular complexity index is 334. The van der Waals surface area contributed by atoms with Gasteiger partial charge in [-0.05, 0) is 26.2 Å². The summed E-state index contributed by atoms with van der Waals surface area (Å²) in [6, 6.07) is -0.253. The van der Waals surface area contributed by atoms with Gasteiger partial charge in [0, 0.05) is 6.61 Å². The zero-order valence-corrected chi connectivity index (χ0v) is 9.14. The minimum atomic E-state index is -0.330. The van der Waals surface area contributed by atoms with Crippen molar-refractivity contribution in [2.45, 2.75) is 38.3 Å². The fraction of sp³-hybridized carbons (Fsp3) is 0.778. The lowest BCUT2D eigenvalue weighted by molar-refractivity contribution is -0.136. The molecule has 0 radical (unpaired) electrons. The molecule has 1 aliphatic heterocycles. The Labute approximate surface area is 92.9 Å². The second-order valence-electron chi connectivity index (χ2n) is 3.86. The van der Waals surface area contributed by atoms with Crippen LogP contribution in [-0.2, 0) is 9.53 Å². The molecule has 7 nitrogen and oxygen atoms in total. The highest BCUT2D eigenvalue weighted by atomic mass is 16.5. The van der Waals surface area contributed by atoms with E-state index in [2.05, 4.69) is 25.9 Å². The fourth-order valence-corrected chi connectivity index (χ4v) is 1.67. The summed E-state index contributed by atoms with van der Waals surface area (Å²) in [4.78, 5) is 11.8. The first-order chi connectivity index (χ1) is 7.77. The maximum atomic E-state index is 11.8. The molecule has 1 amide bonds. The highest BCUT2D eigenvalue weighted by molar-refractivity contribution is 5.81. The average molecular weight is 225 g/mol. The van der Waals surface area contributed by atoms with E-state index in [0.29, 0.717) is 12.4 Å². The maximum absolute atomic E-state index is 11.8. The molecule has 7 heteroatoms. The third kappa shape index (κ3) is 2.54. The van der Waals surface area contributed by atoms with E-state index in [1.165, 1.54) is 0 Å². The number of aromatic amines is 1. The van der Waals surface area contributed by atoms with Crippen LogP contribution >= 0.6 is 0 Å². The van der Waals surface area contributed by atoms with Crippen LogP contribution in [0.15, 0.2) is 0 Å². The van der Waals surface area contributed by atoms with Crippen LogP contribution < -0.4 is 5.32 Å². The Hall–Kier alpha value is -1.50. The molecule has 2 atom stereocenters. The number of hydrogen-bond acceptors (Lipinski definition) is 5.